The molecular weight excluding hydrogens is 416 g/mol. The number of likely N-dealkylation sites (N-methyl/N-ethyl adjacent to an activating group) is 1. The van der Waals surface area contributed by atoms with Crippen LogP contribution in [-0.2, 0) is 4.79 Å². The Balaban J connectivity index is 1.61. The first-order chi connectivity index (χ1) is 15.2. The van der Waals surface area contributed by atoms with Crippen LogP contribution in [0.1, 0.15) is 32.6 Å². The number of tetrazole rings is 1. The first kappa shape index (κ1) is 22.8. The number of nitrogens with one attached hydrogen (secondary N) is 1. The Bertz CT molecular complexity index is 942. The zero-order valence-corrected chi connectivity index (χ0v) is 18.8. The molecule has 31 heavy (non-hydrogen) atoms. The Labute approximate surface area is 186 Å². The van der Waals surface area contributed by atoms with Crippen molar-refractivity contribution in [1.82, 2.24) is 30.4 Å². The lowest BCUT2D eigenvalue weighted by Crippen LogP contribution is -2.38. The summed E-state index contributed by atoms with van der Waals surface area (Å²) in [6, 6.07) is 11.3. The fourth-order valence-electron chi connectivity index (χ4n) is 3.28. The maximum absolute atomic E-state index is 12.5. The van der Waals surface area contributed by atoms with Crippen molar-refractivity contribution in [3.63, 3.8) is 0 Å². The van der Waals surface area contributed by atoms with E-state index in [1.807, 2.05) is 43.3 Å². The summed E-state index contributed by atoms with van der Waals surface area (Å²) in [6.45, 7) is 8.83. The zero-order chi connectivity index (χ0) is 22.1. The highest BCUT2D eigenvalue weighted by Gasteiger charge is 2.22. The number of nitrogens with zero attached hydrogens (tertiary/aromatic N) is 5. The van der Waals surface area contributed by atoms with Crippen LogP contribution in [0.2, 0.25) is 0 Å². The van der Waals surface area contributed by atoms with Crippen LogP contribution in [0.25, 0.3) is 5.69 Å². The Hall–Kier alpha value is -2.85. The van der Waals surface area contributed by atoms with Crippen molar-refractivity contribution in [2.75, 3.05) is 32.0 Å². The molecule has 1 unspecified atom stereocenters. The topological polar surface area (TPSA) is 98.3 Å². The van der Waals surface area contributed by atoms with Gasteiger partial charge in [0.05, 0.1) is 24.7 Å². The molecule has 0 saturated heterocycles. The molecule has 0 aliphatic heterocycles. The van der Waals surface area contributed by atoms with E-state index in [0.717, 1.165) is 24.5 Å². The molecule has 166 valence electrons. The SMILES string of the molecule is CCOc1ccccc1-n1nnnc1SCC(=O)NCC(c1ccco1)N(CC)CC. The second-order valence-corrected chi connectivity index (χ2v) is 7.56. The molecule has 9 nitrogen and oxygen atoms in total. The molecule has 1 N–H and O–H groups in total. The monoisotopic (exact) mass is 444 g/mol. The van der Waals surface area contributed by atoms with Gasteiger partial charge in [0.2, 0.25) is 11.1 Å². The van der Waals surface area contributed by atoms with Gasteiger partial charge in [-0.25, -0.2) is 0 Å². The molecule has 1 amide bonds. The zero-order valence-electron chi connectivity index (χ0n) is 18.0. The van der Waals surface area contributed by atoms with E-state index in [9.17, 15) is 4.79 Å². The van der Waals surface area contributed by atoms with Crippen LogP contribution in [0.5, 0.6) is 5.75 Å². The summed E-state index contributed by atoms with van der Waals surface area (Å²) in [4.78, 5) is 14.8. The number of benzene rings is 1. The third kappa shape index (κ3) is 5.86. The maximum Gasteiger partial charge on any atom is 0.230 e. The highest BCUT2D eigenvalue weighted by Crippen LogP contribution is 2.26. The number of hydrogen-bond donors (Lipinski definition) is 1. The molecule has 0 aliphatic carbocycles. The second kappa shape index (κ2) is 11.5. The predicted octanol–water partition coefficient (Wildman–Crippen LogP) is 2.95. The minimum atomic E-state index is -0.0960. The van der Waals surface area contributed by atoms with Gasteiger partial charge < -0.3 is 14.5 Å². The number of rotatable bonds is 12. The van der Waals surface area contributed by atoms with Crippen molar-refractivity contribution in [2.45, 2.75) is 32.0 Å². The number of aromatic nitrogens is 4. The van der Waals surface area contributed by atoms with Crippen LogP contribution in [-0.4, -0.2) is 63.0 Å². The molecule has 2 aromatic heterocycles. The first-order valence-electron chi connectivity index (χ1n) is 10.3. The van der Waals surface area contributed by atoms with E-state index in [0.29, 0.717) is 24.1 Å². The lowest BCUT2D eigenvalue weighted by Gasteiger charge is -2.28. The predicted molar refractivity (Wildman–Crippen MR) is 118 cm³/mol. The Morgan fingerprint density at radius 1 is 1.23 bits per heavy atom. The smallest absolute Gasteiger partial charge is 0.230 e. The highest BCUT2D eigenvalue weighted by molar-refractivity contribution is 7.99. The summed E-state index contributed by atoms with van der Waals surface area (Å²) in [5, 5.41) is 15.4. The molecular formula is C21H28N6O3S. The third-order valence-electron chi connectivity index (χ3n) is 4.78. The van der Waals surface area contributed by atoms with Crippen LogP contribution in [0.15, 0.2) is 52.2 Å². The fourth-order valence-corrected chi connectivity index (χ4v) is 3.99. The van der Waals surface area contributed by atoms with E-state index >= 15 is 0 Å². The number of ether oxygens (including phenoxy) is 1. The van der Waals surface area contributed by atoms with E-state index in [2.05, 4.69) is 39.6 Å². The van der Waals surface area contributed by atoms with Crippen molar-refractivity contribution >= 4 is 17.7 Å². The van der Waals surface area contributed by atoms with E-state index in [1.165, 1.54) is 11.8 Å². The van der Waals surface area contributed by atoms with Crippen LogP contribution in [0.4, 0.5) is 0 Å². The second-order valence-electron chi connectivity index (χ2n) is 6.62. The quantitative estimate of drug-likeness (QED) is 0.426. The number of carbonyl (C=O) groups excluding carboxylic acids is 1. The van der Waals surface area contributed by atoms with Gasteiger partial charge in [-0.3, -0.25) is 9.69 Å². The van der Waals surface area contributed by atoms with Gasteiger partial charge in [0, 0.05) is 6.54 Å². The molecule has 3 rings (SSSR count). The summed E-state index contributed by atoms with van der Waals surface area (Å²) >= 11 is 1.27. The lowest BCUT2D eigenvalue weighted by molar-refractivity contribution is -0.118. The van der Waals surface area contributed by atoms with E-state index in [1.54, 1.807) is 10.9 Å². The molecule has 0 saturated carbocycles. The van der Waals surface area contributed by atoms with E-state index in [-0.39, 0.29) is 17.7 Å². The molecule has 0 aliphatic rings. The summed E-state index contributed by atoms with van der Waals surface area (Å²) in [7, 11) is 0. The number of para-hydroxylation sites is 2. The van der Waals surface area contributed by atoms with Crippen molar-refractivity contribution in [2.24, 2.45) is 0 Å². The summed E-state index contributed by atoms with van der Waals surface area (Å²) in [5.74, 6) is 1.62. The Morgan fingerprint density at radius 2 is 2.03 bits per heavy atom. The standard InChI is InChI=1S/C21H28N6O3S/c1-4-26(5-2)17(19-12-9-13-30-19)14-22-20(28)15-31-21-23-24-25-27(21)16-10-7-8-11-18(16)29-6-3/h7-13,17H,4-6,14-15H2,1-3H3,(H,22,28). The van der Waals surface area contributed by atoms with E-state index < -0.39 is 0 Å². The molecule has 1 aromatic carbocycles. The van der Waals surface area contributed by atoms with Crippen LogP contribution >= 0.6 is 11.8 Å². The number of thioether (sulfide) groups is 1. The van der Waals surface area contributed by atoms with Crippen molar-refractivity contribution in [3.8, 4) is 11.4 Å². The van der Waals surface area contributed by atoms with Crippen LogP contribution in [0, 0.1) is 0 Å². The van der Waals surface area contributed by atoms with Gasteiger partial charge in [0.25, 0.3) is 0 Å². The summed E-state index contributed by atoms with van der Waals surface area (Å²) in [6.07, 6.45) is 1.66. The lowest BCUT2D eigenvalue weighted by atomic mass is 10.2. The fraction of sp³-hybridized carbons (Fsp3) is 0.429. The van der Waals surface area contributed by atoms with Gasteiger partial charge in [0.15, 0.2) is 0 Å². The van der Waals surface area contributed by atoms with Crippen LogP contribution < -0.4 is 10.1 Å². The van der Waals surface area contributed by atoms with Crippen molar-refractivity contribution in [1.29, 1.82) is 0 Å². The largest absolute Gasteiger partial charge is 0.492 e. The van der Waals surface area contributed by atoms with Gasteiger partial charge >= 0.3 is 0 Å². The Morgan fingerprint density at radius 3 is 2.74 bits per heavy atom. The summed E-state index contributed by atoms with van der Waals surface area (Å²) < 4.78 is 12.8. The average molecular weight is 445 g/mol. The number of amides is 1. The van der Waals surface area contributed by atoms with Crippen LogP contribution in [0.3, 0.4) is 0 Å². The van der Waals surface area contributed by atoms with Crippen molar-refractivity contribution < 1.29 is 13.9 Å². The van der Waals surface area contributed by atoms with Gasteiger partial charge in [-0.2, -0.15) is 4.68 Å². The van der Waals surface area contributed by atoms with Gasteiger partial charge in [-0.05, 0) is 54.7 Å². The molecule has 0 fully saturated rings. The summed E-state index contributed by atoms with van der Waals surface area (Å²) in [5.41, 5.74) is 0.733. The number of hydrogen-bond acceptors (Lipinski definition) is 8. The van der Waals surface area contributed by atoms with E-state index in [4.69, 9.17) is 9.15 Å². The van der Waals surface area contributed by atoms with Gasteiger partial charge in [-0.1, -0.05) is 37.7 Å². The molecule has 1 atom stereocenters. The molecule has 0 radical (unpaired) electrons. The molecule has 3 aromatic rings. The normalized spacial score (nSPS) is 12.1. The van der Waals surface area contributed by atoms with Gasteiger partial charge in [0.1, 0.15) is 17.2 Å². The maximum atomic E-state index is 12.5. The molecule has 0 spiro atoms. The molecule has 2 heterocycles. The highest BCUT2D eigenvalue weighted by atomic mass is 32.2. The molecule has 10 heteroatoms. The Kier molecular flexibility index (Phi) is 8.48. The number of carbonyl (C=O) groups is 1. The average Bonchev–Trinajstić information content (AvgIpc) is 3.48. The van der Waals surface area contributed by atoms with Crippen molar-refractivity contribution in [3.05, 3.63) is 48.4 Å². The number of furan rings is 1. The minimum absolute atomic E-state index is 0.0117. The first-order valence-corrected chi connectivity index (χ1v) is 11.3. The molecule has 0 bridgehead atoms. The van der Waals surface area contributed by atoms with Gasteiger partial charge in [-0.15, -0.1) is 5.10 Å². The third-order valence-corrected chi connectivity index (χ3v) is 5.70. The minimum Gasteiger partial charge on any atom is -0.492 e.